The number of nitrogens with one attached hydrogen (secondary N) is 1. The number of halogens is 1. The molecule has 0 aliphatic heterocycles. The van der Waals surface area contributed by atoms with Crippen LogP contribution in [0.5, 0.6) is 0 Å². The molecule has 27 heavy (non-hydrogen) atoms. The predicted octanol–water partition coefficient (Wildman–Crippen LogP) is 5.48. The average Bonchev–Trinajstić information content (AvgIpc) is 3.12. The summed E-state index contributed by atoms with van der Waals surface area (Å²) in [6.07, 6.45) is 0. The van der Waals surface area contributed by atoms with E-state index in [2.05, 4.69) is 5.32 Å². The summed E-state index contributed by atoms with van der Waals surface area (Å²) in [7, 11) is 0. The van der Waals surface area contributed by atoms with Gasteiger partial charge in [-0.25, -0.2) is 4.79 Å². The molecular formula is C21H18ClNO3S. The highest BCUT2D eigenvalue weighted by atomic mass is 35.5. The molecule has 0 bridgehead atoms. The molecule has 4 nitrogen and oxygen atoms in total. The van der Waals surface area contributed by atoms with Gasteiger partial charge in [-0.3, -0.25) is 4.79 Å². The third-order valence-electron chi connectivity index (χ3n) is 4.01. The largest absolute Gasteiger partial charge is 0.451 e. The van der Waals surface area contributed by atoms with Crippen molar-refractivity contribution < 1.29 is 14.3 Å². The lowest BCUT2D eigenvalue weighted by molar-refractivity contribution is -0.119. The summed E-state index contributed by atoms with van der Waals surface area (Å²) in [5.41, 5.74) is 4.36. The molecule has 0 spiro atoms. The minimum atomic E-state index is -0.511. The average molecular weight is 400 g/mol. The molecule has 1 aromatic heterocycles. The van der Waals surface area contributed by atoms with Gasteiger partial charge in [0.2, 0.25) is 0 Å². The fourth-order valence-electron chi connectivity index (χ4n) is 2.58. The van der Waals surface area contributed by atoms with Crippen molar-refractivity contribution in [2.75, 3.05) is 11.9 Å². The number of hydrogen-bond donors (Lipinski definition) is 1. The Balaban J connectivity index is 1.64. The van der Waals surface area contributed by atoms with Gasteiger partial charge in [0.05, 0.1) is 0 Å². The second kappa shape index (κ2) is 8.37. The molecule has 1 amide bonds. The first kappa shape index (κ1) is 19.1. The first-order chi connectivity index (χ1) is 12.9. The molecule has 0 unspecified atom stereocenters. The van der Waals surface area contributed by atoms with Gasteiger partial charge in [-0.2, -0.15) is 0 Å². The zero-order valence-corrected chi connectivity index (χ0v) is 16.5. The zero-order chi connectivity index (χ0) is 19.4. The number of hydrogen-bond acceptors (Lipinski definition) is 4. The Morgan fingerprint density at radius 1 is 1.07 bits per heavy atom. The third-order valence-corrected chi connectivity index (χ3v) is 5.14. The molecule has 0 saturated heterocycles. The summed E-state index contributed by atoms with van der Waals surface area (Å²) in [6, 6.07) is 14.9. The maximum Gasteiger partial charge on any atom is 0.349 e. The summed E-state index contributed by atoms with van der Waals surface area (Å²) < 4.78 is 5.20. The van der Waals surface area contributed by atoms with Crippen molar-refractivity contribution in [3.63, 3.8) is 0 Å². The number of anilines is 1. The Labute approximate surface area is 166 Å². The van der Waals surface area contributed by atoms with E-state index in [0.717, 1.165) is 22.3 Å². The summed E-state index contributed by atoms with van der Waals surface area (Å²) in [5, 5.41) is 5.15. The van der Waals surface area contributed by atoms with Gasteiger partial charge in [-0.05, 0) is 54.6 Å². The van der Waals surface area contributed by atoms with E-state index < -0.39 is 11.9 Å². The van der Waals surface area contributed by atoms with Crippen LogP contribution in [-0.2, 0) is 9.53 Å². The molecule has 0 aliphatic rings. The van der Waals surface area contributed by atoms with Crippen LogP contribution in [0.3, 0.4) is 0 Å². The molecule has 0 radical (unpaired) electrons. The van der Waals surface area contributed by atoms with Crippen molar-refractivity contribution in [1.82, 2.24) is 0 Å². The molecule has 138 valence electrons. The van der Waals surface area contributed by atoms with Crippen LogP contribution in [-0.4, -0.2) is 18.5 Å². The fraction of sp³-hybridized carbons (Fsp3) is 0.143. The van der Waals surface area contributed by atoms with Crippen molar-refractivity contribution in [3.8, 4) is 11.1 Å². The number of esters is 1. The Kier molecular flexibility index (Phi) is 5.94. The zero-order valence-electron chi connectivity index (χ0n) is 14.9. The Morgan fingerprint density at radius 3 is 2.52 bits per heavy atom. The minimum absolute atomic E-state index is 0.355. The van der Waals surface area contributed by atoms with E-state index in [0.29, 0.717) is 15.6 Å². The minimum Gasteiger partial charge on any atom is -0.451 e. The highest BCUT2D eigenvalue weighted by molar-refractivity contribution is 7.12. The molecule has 3 aromatic rings. The van der Waals surface area contributed by atoms with Crippen molar-refractivity contribution in [3.05, 3.63) is 74.9 Å². The molecule has 6 heteroatoms. The lowest BCUT2D eigenvalue weighted by atomic mass is 10.1. The summed E-state index contributed by atoms with van der Waals surface area (Å²) >= 11 is 7.20. The van der Waals surface area contributed by atoms with E-state index in [4.69, 9.17) is 16.3 Å². The SMILES string of the molecule is Cc1ccc(-c2ccsc2C(=O)OCC(=O)Nc2ccc(Cl)cc2C)cc1. The lowest BCUT2D eigenvalue weighted by Crippen LogP contribution is -2.21. The highest BCUT2D eigenvalue weighted by Crippen LogP contribution is 2.29. The van der Waals surface area contributed by atoms with Gasteiger partial charge in [-0.15, -0.1) is 11.3 Å². The molecule has 3 rings (SSSR count). The monoisotopic (exact) mass is 399 g/mol. The van der Waals surface area contributed by atoms with Gasteiger partial charge >= 0.3 is 5.97 Å². The van der Waals surface area contributed by atoms with Crippen LogP contribution in [0.1, 0.15) is 20.8 Å². The van der Waals surface area contributed by atoms with E-state index in [-0.39, 0.29) is 6.61 Å². The van der Waals surface area contributed by atoms with Gasteiger partial charge in [-0.1, -0.05) is 41.4 Å². The number of rotatable bonds is 5. The third kappa shape index (κ3) is 4.76. The second-order valence-electron chi connectivity index (χ2n) is 6.11. The van der Waals surface area contributed by atoms with Crippen LogP contribution < -0.4 is 5.32 Å². The van der Waals surface area contributed by atoms with Crippen LogP contribution in [0.15, 0.2) is 53.9 Å². The molecule has 1 heterocycles. The van der Waals surface area contributed by atoms with Crippen LogP contribution >= 0.6 is 22.9 Å². The second-order valence-corrected chi connectivity index (χ2v) is 7.47. The topological polar surface area (TPSA) is 55.4 Å². The maximum absolute atomic E-state index is 12.4. The van der Waals surface area contributed by atoms with Crippen molar-refractivity contribution in [2.24, 2.45) is 0 Å². The van der Waals surface area contributed by atoms with E-state index in [1.54, 1.807) is 18.2 Å². The van der Waals surface area contributed by atoms with Crippen LogP contribution in [0.2, 0.25) is 5.02 Å². The smallest absolute Gasteiger partial charge is 0.349 e. The van der Waals surface area contributed by atoms with Crippen molar-refractivity contribution in [2.45, 2.75) is 13.8 Å². The van der Waals surface area contributed by atoms with Crippen molar-refractivity contribution >= 4 is 40.5 Å². The lowest BCUT2D eigenvalue weighted by Gasteiger charge is -2.09. The number of carbonyl (C=O) groups excluding carboxylic acids is 2. The van der Waals surface area contributed by atoms with Crippen molar-refractivity contribution in [1.29, 1.82) is 0 Å². The molecular weight excluding hydrogens is 382 g/mol. The first-order valence-corrected chi connectivity index (χ1v) is 9.57. The first-order valence-electron chi connectivity index (χ1n) is 8.31. The predicted molar refractivity (Wildman–Crippen MR) is 110 cm³/mol. The van der Waals surface area contributed by atoms with E-state index in [1.807, 2.05) is 49.6 Å². The maximum atomic E-state index is 12.4. The quantitative estimate of drug-likeness (QED) is 0.578. The van der Waals surface area contributed by atoms with E-state index in [9.17, 15) is 9.59 Å². The number of carbonyl (C=O) groups is 2. The Bertz CT molecular complexity index is 979. The molecule has 0 fully saturated rings. The van der Waals surface area contributed by atoms with Gasteiger partial charge in [0.25, 0.3) is 5.91 Å². The summed E-state index contributed by atoms with van der Waals surface area (Å²) in [4.78, 5) is 25.0. The van der Waals surface area contributed by atoms with Crippen LogP contribution in [0.25, 0.3) is 11.1 Å². The molecule has 0 saturated carbocycles. The van der Waals surface area contributed by atoms with Crippen LogP contribution in [0.4, 0.5) is 5.69 Å². The summed E-state index contributed by atoms with van der Waals surface area (Å²) in [6.45, 7) is 3.49. The Morgan fingerprint density at radius 2 is 1.81 bits per heavy atom. The highest BCUT2D eigenvalue weighted by Gasteiger charge is 2.17. The number of ether oxygens (including phenoxy) is 1. The van der Waals surface area contributed by atoms with E-state index >= 15 is 0 Å². The fourth-order valence-corrected chi connectivity index (χ4v) is 3.61. The van der Waals surface area contributed by atoms with Gasteiger partial charge in [0, 0.05) is 16.3 Å². The van der Waals surface area contributed by atoms with Crippen LogP contribution in [0, 0.1) is 13.8 Å². The molecule has 1 N–H and O–H groups in total. The van der Waals surface area contributed by atoms with Gasteiger partial charge in [0.1, 0.15) is 4.88 Å². The number of benzene rings is 2. The molecule has 2 aromatic carbocycles. The summed E-state index contributed by atoms with van der Waals surface area (Å²) in [5.74, 6) is -0.911. The normalized spacial score (nSPS) is 10.5. The number of aryl methyl sites for hydroxylation is 2. The van der Waals surface area contributed by atoms with E-state index in [1.165, 1.54) is 11.3 Å². The van der Waals surface area contributed by atoms with Gasteiger partial charge in [0.15, 0.2) is 6.61 Å². The number of thiophene rings is 1. The Hall–Kier alpha value is -2.63. The standard InChI is InChI=1S/C21H18ClNO3S/c1-13-3-5-15(6-4-13)17-9-10-27-20(17)21(25)26-12-19(24)23-18-8-7-16(22)11-14(18)2/h3-11H,12H2,1-2H3,(H,23,24). The molecule has 0 atom stereocenters. The molecule has 0 aliphatic carbocycles. The van der Waals surface area contributed by atoms with Gasteiger partial charge < -0.3 is 10.1 Å². The number of amides is 1.